The molecule has 2 rings (SSSR count). The molecule has 0 amide bonds. The van der Waals surface area contributed by atoms with Crippen LogP contribution in [0.2, 0.25) is 0 Å². The number of aliphatic carboxylic acids is 1. The lowest BCUT2D eigenvalue weighted by Crippen LogP contribution is -2.14. The van der Waals surface area contributed by atoms with E-state index in [1.807, 2.05) is 42.5 Å². The second-order valence-corrected chi connectivity index (χ2v) is 7.88. The predicted octanol–water partition coefficient (Wildman–Crippen LogP) is 5.10. The first kappa shape index (κ1) is 17.3. The number of halogens is 3. The second-order valence-electron chi connectivity index (χ2n) is 4.31. The molecule has 21 heavy (non-hydrogen) atoms. The number of hydrogen-bond donors (Lipinski definition) is 1. The molecule has 0 aliphatic carbocycles. The topological polar surface area (TPSA) is 46.5 Å². The Bertz CT molecular complexity index is 621. The zero-order chi connectivity index (χ0) is 15.4. The third-order valence-corrected chi connectivity index (χ3v) is 4.98. The molecular formula is C15H11I3O3. The molecule has 0 bridgehead atoms. The van der Waals surface area contributed by atoms with Crippen LogP contribution in [0.15, 0.2) is 42.5 Å². The zero-order valence-electron chi connectivity index (χ0n) is 10.7. The molecule has 0 aliphatic heterocycles. The number of hydrogen-bond acceptors (Lipinski definition) is 2. The average Bonchev–Trinajstić information content (AvgIpc) is 2.42. The molecule has 0 heterocycles. The lowest BCUT2D eigenvalue weighted by Gasteiger charge is -2.20. The van der Waals surface area contributed by atoms with E-state index in [1.165, 1.54) is 0 Å². The molecule has 110 valence electrons. The number of rotatable bonds is 5. The molecule has 0 saturated heterocycles. The third-order valence-electron chi connectivity index (χ3n) is 2.75. The maximum absolute atomic E-state index is 11.1. The van der Waals surface area contributed by atoms with Crippen molar-refractivity contribution in [3.8, 4) is 5.75 Å². The Kier molecular flexibility index (Phi) is 6.53. The Hall–Kier alpha value is -0.100. The molecule has 0 aromatic heterocycles. The van der Waals surface area contributed by atoms with Crippen LogP contribution in [0.4, 0.5) is 0 Å². The molecule has 3 nitrogen and oxygen atoms in total. The second kappa shape index (κ2) is 7.95. The van der Waals surface area contributed by atoms with Crippen LogP contribution in [0.25, 0.3) is 0 Å². The number of carbonyl (C=O) groups is 1. The predicted molar refractivity (Wildman–Crippen MR) is 107 cm³/mol. The number of carboxylic acid groups (broad SMARTS) is 1. The maximum atomic E-state index is 11.1. The Morgan fingerprint density at radius 2 is 1.67 bits per heavy atom. The molecule has 0 aliphatic rings. The van der Waals surface area contributed by atoms with Crippen molar-refractivity contribution in [3.63, 3.8) is 0 Å². The van der Waals surface area contributed by atoms with Gasteiger partial charge in [-0.25, -0.2) is 0 Å². The van der Waals surface area contributed by atoms with Gasteiger partial charge in [0, 0.05) is 3.57 Å². The quantitative estimate of drug-likeness (QED) is 0.474. The lowest BCUT2D eigenvalue weighted by molar-refractivity contribution is -0.138. The molecule has 0 saturated carbocycles. The fourth-order valence-corrected chi connectivity index (χ4v) is 5.67. The molecule has 1 atom stereocenters. The van der Waals surface area contributed by atoms with Crippen molar-refractivity contribution in [2.24, 2.45) is 0 Å². The van der Waals surface area contributed by atoms with E-state index in [9.17, 15) is 4.79 Å². The summed E-state index contributed by atoms with van der Waals surface area (Å²) in [4.78, 5) is 11.1. The van der Waals surface area contributed by atoms with E-state index >= 15 is 0 Å². The minimum absolute atomic E-state index is 0.0673. The lowest BCUT2D eigenvalue weighted by atomic mass is 10.1. The third kappa shape index (κ3) is 4.95. The maximum Gasteiger partial charge on any atom is 0.307 e. The average molecular weight is 620 g/mol. The number of carboxylic acids is 1. The van der Waals surface area contributed by atoms with Gasteiger partial charge in [0.25, 0.3) is 0 Å². The summed E-state index contributed by atoms with van der Waals surface area (Å²) in [5, 5.41) is 9.12. The highest BCUT2D eigenvalue weighted by Gasteiger charge is 2.20. The van der Waals surface area contributed by atoms with E-state index in [0.717, 1.165) is 22.0 Å². The largest absolute Gasteiger partial charge is 0.483 e. The van der Waals surface area contributed by atoms with E-state index in [-0.39, 0.29) is 6.42 Å². The standard InChI is InChI=1S/C15H11I3O3/c16-10-6-11(17)15(12(18)7-10)21-13(8-14(19)20)9-4-2-1-3-5-9/h1-7,13H,8H2,(H,19,20). The molecule has 2 aromatic rings. The van der Waals surface area contributed by atoms with Crippen LogP contribution in [-0.4, -0.2) is 11.1 Å². The zero-order valence-corrected chi connectivity index (χ0v) is 17.2. The molecule has 6 heteroatoms. The molecule has 0 spiro atoms. The van der Waals surface area contributed by atoms with E-state index in [0.29, 0.717) is 0 Å². The Labute approximate surface area is 163 Å². The van der Waals surface area contributed by atoms with Crippen LogP contribution < -0.4 is 4.74 Å². The normalized spacial score (nSPS) is 12.0. The van der Waals surface area contributed by atoms with E-state index < -0.39 is 12.1 Å². The molecule has 1 unspecified atom stereocenters. The summed E-state index contributed by atoms with van der Waals surface area (Å²) < 4.78 is 9.12. The van der Waals surface area contributed by atoms with Crippen molar-refractivity contribution in [1.82, 2.24) is 0 Å². The van der Waals surface area contributed by atoms with E-state index in [1.54, 1.807) is 0 Å². The van der Waals surface area contributed by atoms with E-state index in [4.69, 9.17) is 9.84 Å². The van der Waals surface area contributed by atoms with Gasteiger partial charge in [-0.3, -0.25) is 4.79 Å². The molecular weight excluding hydrogens is 609 g/mol. The van der Waals surface area contributed by atoms with E-state index in [2.05, 4.69) is 67.8 Å². The molecule has 0 radical (unpaired) electrons. The minimum Gasteiger partial charge on any atom is -0.483 e. The van der Waals surface area contributed by atoms with Crippen LogP contribution in [0.3, 0.4) is 0 Å². The van der Waals surface area contributed by atoms with Gasteiger partial charge in [-0.15, -0.1) is 0 Å². The van der Waals surface area contributed by atoms with Crippen molar-refractivity contribution < 1.29 is 14.6 Å². The van der Waals surface area contributed by atoms with Crippen LogP contribution in [-0.2, 0) is 4.79 Å². The van der Waals surface area contributed by atoms with Crippen molar-refractivity contribution in [1.29, 1.82) is 0 Å². The molecule has 1 N–H and O–H groups in total. The van der Waals surface area contributed by atoms with Crippen LogP contribution in [0, 0.1) is 10.7 Å². The van der Waals surface area contributed by atoms with Crippen LogP contribution >= 0.6 is 67.8 Å². The van der Waals surface area contributed by atoms with Crippen LogP contribution in [0.5, 0.6) is 5.75 Å². The Morgan fingerprint density at radius 1 is 1.10 bits per heavy atom. The molecule has 2 aromatic carbocycles. The van der Waals surface area contributed by atoms with Crippen molar-refractivity contribution in [3.05, 3.63) is 58.7 Å². The fraction of sp³-hybridized carbons (Fsp3) is 0.133. The highest BCUT2D eigenvalue weighted by atomic mass is 127. The first-order valence-electron chi connectivity index (χ1n) is 6.05. The summed E-state index contributed by atoms with van der Waals surface area (Å²) in [5.41, 5.74) is 0.866. The summed E-state index contributed by atoms with van der Waals surface area (Å²) in [6, 6.07) is 13.5. The van der Waals surface area contributed by atoms with Gasteiger partial charge < -0.3 is 9.84 Å². The summed E-state index contributed by atoms with van der Waals surface area (Å²) in [6.07, 6.45) is -0.562. The monoisotopic (exact) mass is 620 g/mol. The smallest absolute Gasteiger partial charge is 0.307 e. The number of benzene rings is 2. The highest BCUT2D eigenvalue weighted by Crippen LogP contribution is 2.34. The highest BCUT2D eigenvalue weighted by molar-refractivity contribution is 14.1. The summed E-state index contributed by atoms with van der Waals surface area (Å²) >= 11 is 6.69. The Morgan fingerprint density at radius 3 is 2.19 bits per heavy atom. The van der Waals surface area contributed by atoms with Gasteiger partial charge in [-0.2, -0.15) is 0 Å². The Balaban J connectivity index is 2.34. The van der Waals surface area contributed by atoms with Crippen molar-refractivity contribution in [2.75, 3.05) is 0 Å². The fourth-order valence-electron chi connectivity index (χ4n) is 1.84. The summed E-state index contributed by atoms with van der Waals surface area (Å²) in [6.45, 7) is 0. The summed E-state index contributed by atoms with van der Waals surface area (Å²) in [7, 11) is 0. The first-order chi connectivity index (χ1) is 9.97. The van der Waals surface area contributed by atoms with Gasteiger partial charge in [0.15, 0.2) is 0 Å². The summed E-state index contributed by atoms with van der Waals surface area (Å²) in [5.74, 6) is -0.133. The first-order valence-corrected chi connectivity index (χ1v) is 9.29. The van der Waals surface area contributed by atoms with Crippen LogP contribution in [0.1, 0.15) is 18.1 Å². The SMILES string of the molecule is O=C(O)CC(Oc1c(I)cc(I)cc1I)c1ccccc1. The number of ether oxygens (including phenoxy) is 1. The van der Waals surface area contributed by atoms with Gasteiger partial charge >= 0.3 is 5.97 Å². The van der Waals surface area contributed by atoms with Gasteiger partial charge in [0.2, 0.25) is 0 Å². The van der Waals surface area contributed by atoms with Crippen molar-refractivity contribution in [2.45, 2.75) is 12.5 Å². The van der Waals surface area contributed by atoms with Gasteiger partial charge in [-0.1, -0.05) is 30.3 Å². The van der Waals surface area contributed by atoms with Gasteiger partial charge in [-0.05, 0) is 85.5 Å². The van der Waals surface area contributed by atoms with Crippen molar-refractivity contribution >= 4 is 73.7 Å². The van der Waals surface area contributed by atoms with Gasteiger partial charge in [0.05, 0.1) is 13.6 Å². The molecule has 0 fully saturated rings. The van der Waals surface area contributed by atoms with Gasteiger partial charge in [0.1, 0.15) is 11.9 Å². The minimum atomic E-state index is -0.876.